The van der Waals surface area contributed by atoms with Crippen LogP contribution in [0.4, 0.5) is 0 Å². The van der Waals surface area contributed by atoms with E-state index < -0.39 is 0 Å². The molecule has 1 heterocycles. The van der Waals surface area contributed by atoms with E-state index in [2.05, 4.69) is 64.3 Å². The lowest BCUT2D eigenvalue weighted by Gasteiger charge is -2.41. The van der Waals surface area contributed by atoms with Gasteiger partial charge in [0, 0.05) is 35.2 Å². The van der Waals surface area contributed by atoms with Crippen molar-refractivity contribution >= 4 is 21.8 Å². The van der Waals surface area contributed by atoms with Gasteiger partial charge in [-0.25, -0.2) is 0 Å². The molecule has 1 amide bonds. The number of amides is 1. The van der Waals surface area contributed by atoms with Crippen LogP contribution in [0.5, 0.6) is 0 Å². The van der Waals surface area contributed by atoms with Gasteiger partial charge in [0.25, 0.3) is 5.91 Å². The van der Waals surface area contributed by atoms with Gasteiger partial charge in [0.05, 0.1) is 0 Å². The van der Waals surface area contributed by atoms with Crippen molar-refractivity contribution < 1.29 is 4.79 Å². The number of benzene rings is 2. The number of carbonyl (C=O) groups is 1. The van der Waals surface area contributed by atoms with Gasteiger partial charge in [0.1, 0.15) is 0 Å². The molecule has 0 fully saturated rings. The molecular formula is C20H23BrN2O. The van der Waals surface area contributed by atoms with Gasteiger partial charge in [-0.1, -0.05) is 46.3 Å². The van der Waals surface area contributed by atoms with Gasteiger partial charge in [-0.05, 0) is 49.6 Å². The molecular weight excluding hydrogens is 364 g/mol. The number of nitrogens with one attached hydrogen (secondary N) is 1. The molecule has 3 nitrogen and oxygen atoms in total. The Labute approximate surface area is 152 Å². The second-order valence-corrected chi connectivity index (χ2v) is 7.86. The maximum Gasteiger partial charge on any atom is 0.251 e. The van der Waals surface area contributed by atoms with Crippen LogP contribution in [-0.4, -0.2) is 29.4 Å². The van der Waals surface area contributed by atoms with Crippen LogP contribution in [0.3, 0.4) is 0 Å². The summed E-state index contributed by atoms with van der Waals surface area (Å²) in [4.78, 5) is 14.8. The highest BCUT2D eigenvalue weighted by molar-refractivity contribution is 9.10. The van der Waals surface area contributed by atoms with Crippen molar-refractivity contribution in [3.8, 4) is 0 Å². The summed E-state index contributed by atoms with van der Waals surface area (Å²) in [7, 11) is 0. The second kappa shape index (κ2) is 7.08. The molecule has 24 heavy (non-hydrogen) atoms. The highest BCUT2D eigenvalue weighted by Crippen LogP contribution is 2.25. The van der Waals surface area contributed by atoms with Crippen LogP contribution < -0.4 is 5.32 Å². The molecule has 3 rings (SSSR count). The molecule has 2 aromatic rings. The van der Waals surface area contributed by atoms with E-state index in [1.165, 1.54) is 11.1 Å². The molecule has 0 saturated heterocycles. The summed E-state index contributed by atoms with van der Waals surface area (Å²) in [6.45, 7) is 6.98. The minimum atomic E-state index is -0.0881. The summed E-state index contributed by atoms with van der Waals surface area (Å²) >= 11 is 3.41. The Bertz CT molecular complexity index is 742. The summed E-state index contributed by atoms with van der Waals surface area (Å²) in [5, 5.41) is 3.09. The number of halogens is 1. The van der Waals surface area contributed by atoms with Gasteiger partial charge in [0.15, 0.2) is 0 Å². The molecule has 4 heteroatoms. The molecule has 126 valence electrons. The average molecular weight is 387 g/mol. The highest BCUT2D eigenvalue weighted by atomic mass is 79.9. The summed E-state index contributed by atoms with van der Waals surface area (Å²) in [6, 6.07) is 16.1. The van der Waals surface area contributed by atoms with Crippen molar-refractivity contribution in [3.05, 3.63) is 69.7 Å². The third kappa shape index (κ3) is 3.87. The summed E-state index contributed by atoms with van der Waals surface area (Å²) in [6.07, 6.45) is 1.07. The zero-order valence-electron chi connectivity index (χ0n) is 14.2. The molecule has 0 unspecified atom stereocenters. The Morgan fingerprint density at radius 2 is 1.92 bits per heavy atom. The molecule has 2 aromatic carbocycles. The van der Waals surface area contributed by atoms with E-state index in [1.54, 1.807) is 0 Å². The van der Waals surface area contributed by atoms with E-state index in [1.807, 2.05) is 24.3 Å². The fourth-order valence-electron chi connectivity index (χ4n) is 3.15. The van der Waals surface area contributed by atoms with E-state index in [0.717, 1.165) is 24.0 Å². The molecule has 0 bridgehead atoms. The van der Waals surface area contributed by atoms with Crippen LogP contribution in [0.15, 0.2) is 53.0 Å². The molecule has 0 spiro atoms. The smallest absolute Gasteiger partial charge is 0.251 e. The third-order valence-electron chi connectivity index (χ3n) is 4.76. The van der Waals surface area contributed by atoms with Crippen molar-refractivity contribution in [2.45, 2.75) is 32.4 Å². The fourth-order valence-corrected chi connectivity index (χ4v) is 3.55. The quantitative estimate of drug-likeness (QED) is 0.860. The van der Waals surface area contributed by atoms with Gasteiger partial charge >= 0.3 is 0 Å². The fraction of sp³-hybridized carbons (Fsp3) is 0.350. The Hall–Kier alpha value is -1.65. The molecule has 1 aliphatic rings. The van der Waals surface area contributed by atoms with Crippen molar-refractivity contribution in [2.75, 3.05) is 13.1 Å². The number of fused-ring (bicyclic) bond motifs is 1. The Morgan fingerprint density at radius 1 is 1.17 bits per heavy atom. The Kier molecular flexibility index (Phi) is 5.07. The van der Waals surface area contributed by atoms with E-state index in [-0.39, 0.29) is 11.4 Å². The number of rotatable bonds is 4. The number of carbonyl (C=O) groups excluding carboxylic acids is 1. The highest BCUT2D eigenvalue weighted by Gasteiger charge is 2.30. The largest absolute Gasteiger partial charge is 0.350 e. The van der Waals surface area contributed by atoms with E-state index >= 15 is 0 Å². The van der Waals surface area contributed by atoms with Crippen molar-refractivity contribution in [1.29, 1.82) is 0 Å². The topological polar surface area (TPSA) is 32.3 Å². The maximum absolute atomic E-state index is 12.4. The first-order valence-electron chi connectivity index (χ1n) is 8.31. The molecule has 0 aliphatic carbocycles. The molecule has 0 atom stereocenters. The normalized spacial score (nSPS) is 15.0. The van der Waals surface area contributed by atoms with Crippen LogP contribution in [0.2, 0.25) is 0 Å². The molecule has 1 aliphatic heterocycles. The number of hydrogen-bond acceptors (Lipinski definition) is 2. The lowest BCUT2D eigenvalue weighted by atomic mass is 9.94. The summed E-state index contributed by atoms with van der Waals surface area (Å²) < 4.78 is 0.919. The van der Waals surface area contributed by atoms with Crippen LogP contribution in [0.1, 0.15) is 35.3 Å². The first-order chi connectivity index (χ1) is 11.5. The zero-order valence-corrected chi connectivity index (χ0v) is 15.8. The predicted octanol–water partition coefficient (Wildman–Crippen LogP) is 4.02. The zero-order chi connectivity index (χ0) is 17.2. The maximum atomic E-state index is 12.4. The summed E-state index contributed by atoms with van der Waals surface area (Å²) in [5.74, 6) is -0.0261. The van der Waals surface area contributed by atoms with E-state index in [9.17, 15) is 4.79 Å². The minimum Gasteiger partial charge on any atom is -0.350 e. The van der Waals surface area contributed by atoms with E-state index in [0.29, 0.717) is 12.1 Å². The van der Waals surface area contributed by atoms with Gasteiger partial charge in [0.2, 0.25) is 0 Å². The number of hydrogen-bond donors (Lipinski definition) is 1. The van der Waals surface area contributed by atoms with Crippen LogP contribution in [0, 0.1) is 0 Å². The predicted molar refractivity (Wildman–Crippen MR) is 101 cm³/mol. The molecule has 1 N–H and O–H groups in total. The van der Waals surface area contributed by atoms with Gasteiger partial charge in [-0.2, -0.15) is 0 Å². The first kappa shape index (κ1) is 17.2. The van der Waals surface area contributed by atoms with Gasteiger partial charge < -0.3 is 5.32 Å². The van der Waals surface area contributed by atoms with Crippen molar-refractivity contribution in [1.82, 2.24) is 10.2 Å². The third-order valence-corrected chi connectivity index (χ3v) is 5.25. The average Bonchev–Trinajstić information content (AvgIpc) is 2.59. The number of nitrogens with zero attached hydrogens (tertiary/aromatic N) is 1. The standard InChI is InChI=1S/C20H23BrN2O/c1-20(2,14-22-19(24)16-8-5-9-18(21)12-16)23-11-10-15-6-3-4-7-17(15)13-23/h3-9,12H,10-11,13-14H2,1-2H3,(H,22,24). The Balaban J connectivity index is 1.63. The molecule has 0 radical (unpaired) electrons. The minimum absolute atomic E-state index is 0.0261. The summed E-state index contributed by atoms with van der Waals surface area (Å²) in [5.41, 5.74) is 3.44. The second-order valence-electron chi connectivity index (χ2n) is 6.95. The van der Waals surface area contributed by atoms with Gasteiger partial charge in [-0.3, -0.25) is 9.69 Å². The van der Waals surface area contributed by atoms with E-state index in [4.69, 9.17) is 0 Å². The lowest BCUT2D eigenvalue weighted by molar-refractivity contribution is 0.0826. The van der Waals surface area contributed by atoms with Crippen molar-refractivity contribution in [3.63, 3.8) is 0 Å². The SMILES string of the molecule is CC(C)(CNC(=O)c1cccc(Br)c1)N1CCc2ccccc2C1. The van der Waals surface area contributed by atoms with Crippen LogP contribution >= 0.6 is 15.9 Å². The lowest BCUT2D eigenvalue weighted by Crippen LogP contribution is -2.53. The van der Waals surface area contributed by atoms with Gasteiger partial charge in [-0.15, -0.1) is 0 Å². The molecule has 0 saturated carbocycles. The van der Waals surface area contributed by atoms with Crippen LogP contribution in [0.25, 0.3) is 0 Å². The first-order valence-corrected chi connectivity index (χ1v) is 9.11. The monoisotopic (exact) mass is 386 g/mol. The van der Waals surface area contributed by atoms with Crippen molar-refractivity contribution in [2.24, 2.45) is 0 Å². The Morgan fingerprint density at radius 3 is 2.67 bits per heavy atom. The molecule has 0 aromatic heterocycles. The van der Waals surface area contributed by atoms with Crippen LogP contribution in [-0.2, 0) is 13.0 Å².